The van der Waals surface area contributed by atoms with Crippen molar-refractivity contribution in [2.45, 2.75) is 26.4 Å². The smallest absolute Gasteiger partial charge is 0.374 e. The third kappa shape index (κ3) is 3.31. The minimum absolute atomic E-state index is 0.312. The number of rotatable bonds is 2. The fourth-order valence-corrected chi connectivity index (χ4v) is 1.07. The van der Waals surface area contributed by atoms with Crippen LogP contribution in [-0.4, -0.2) is 19.6 Å². The van der Waals surface area contributed by atoms with Gasteiger partial charge in [-0.2, -0.15) is 0 Å². The molecule has 1 rings (SSSR count). The molecule has 0 aliphatic carbocycles. The van der Waals surface area contributed by atoms with Crippen LogP contribution >= 0.6 is 0 Å². The molecule has 15 heavy (non-hydrogen) atoms. The highest BCUT2D eigenvalue weighted by Gasteiger charge is 2.20. The first-order valence-electron chi connectivity index (χ1n) is 4.63. The van der Waals surface area contributed by atoms with Crippen LogP contribution < -0.4 is 4.65 Å². The van der Waals surface area contributed by atoms with Gasteiger partial charge in [0, 0.05) is 0 Å². The zero-order valence-electron chi connectivity index (χ0n) is 9.11. The third-order valence-electron chi connectivity index (χ3n) is 1.63. The number of ether oxygens (including phenoxy) is 1. The molecule has 0 N–H and O–H groups in total. The van der Waals surface area contributed by atoms with Gasteiger partial charge in [0.2, 0.25) is 0 Å². The molecular weight excluding hydrogens is 191 g/mol. The topological polar surface area (TPSA) is 35.5 Å². The summed E-state index contributed by atoms with van der Waals surface area (Å²) < 4.78 is 9.77. The van der Waals surface area contributed by atoms with Crippen molar-refractivity contribution in [1.29, 1.82) is 0 Å². The zero-order valence-corrected chi connectivity index (χ0v) is 9.11. The lowest BCUT2D eigenvalue weighted by molar-refractivity contribution is 0.00679. The van der Waals surface area contributed by atoms with Crippen molar-refractivity contribution >= 4 is 14.0 Å². The van der Waals surface area contributed by atoms with Gasteiger partial charge in [-0.05, 0) is 32.9 Å². The molecule has 0 fully saturated rings. The van der Waals surface area contributed by atoms with Crippen molar-refractivity contribution in [3.63, 3.8) is 0 Å². The van der Waals surface area contributed by atoms with E-state index in [1.54, 1.807) is 45.0 Å². The van der Waals surface area contributed by atoms with E-state index in [9.17, 15) is 4.79 Å². The molecule has 0 amide bonds. The normalized spacial score (nSPS) is 10.9. The first-order valence-corrected chi connectivity index (χ1v) is 4.63. The quantitative estimate of drug-likeness (QED) is 0.546. The summed E-state index contributed by atoms with van der Waals surface area (Å²) in [6.07, 6.45) is 0. The predicted molar refractivity (Wildman–Crippen MR) is 58.0 cm³/mol. The first kappa shape index (κ1) is 11.6. The summed E-state index contributed by atoms with van der Waals surface area (Å²) in [6, 6.07) is 6.67. The molecule has 1 aromatic rings. The number of benzene rings is 1. The van der Waals surface area contributed by atoms with Crippen LogP contribution in [0.1, 0.15) is 31.1 Å². The van der Waals surface area contributed by atoms with Gasteiger partial charge in [0.25, 0.3) is 0 Å². The third-order valence-corrected chi connectivity index (χ3v) is 1.63. The van der Waals surface area contributed by atoms with Gasteiger partial charge in [-0.25, -0.2) is 4.79 Å². The fourth-order valence-electron chi connectivity index (χ4n) is 1.07. The molecule has 3 nitrogen and oxygen atoms in total. The molecule has 0 heterocycles. The Hall–Kier alpha value is -1.45. The van der Waals surface area contributed by atoms with Crippen LogP contribution in [0.5, 0.6) is 5.75 Å². The lowest BCUT2D eigenvalue weighted by atomic mass is 10.1. The lowest BCUT2D eigenvalue weighted by Crippen LogP contribution is -2.24. The molecule has 0 saturated heterocycles. The maximum atomic E-state index is 11.7. The Balaban J connectivity index is 2.91. The average Bonchev–Trinajstić information content (AvgIpc) is 2.15. The molecule has 0 atom stereocenters. The van der Waals surface area contributed by atoms with Crippen molar-refractivity contribution in [1.82, 2.24) is 0 Å². The summed E-state index contributed by atoms with van der Waals surface area (Å²) in [4.78, 5) is 11.7. The van der Waals surface area contributed by atoms with E-state index in [0.29, 0.717) is 11.3 Å². The highest BCUT2D eigenvalue weighted by atomic mass is 16.6. The van der Waals surface area contributed by atoms with Crippen LogP contribution in [-0.2, 0) is 4.74 Å². The maximum Gasteiger partial charge on any atom is 0.374 e. The number of hydrogen-bond acceptors (Lipinski definition) is 3. The highest BCUT2D eigenvalue weighted by Crippen LogP contribution is 2.20. The molecule has 2 radical (unpaired) electrons. The van der Waals surface area contributed by atoms with Crippen LogP contribution in [0.4, 0.5) is 0 Å². The molecule has 1 aromatic carbocycles. The van der Waals surface area contributed by atoms with E-state index in [2.05, 4.69) is 4.65 Å². The predicted octanol–water partition coefficient (Wildman–Crippen LogP) is 2.10. The second-order valence-electron chi connectivity index (χ2n) is 4.12. The maximum absolute atomic E-state index is 11.7. The van der Waals surface area contributed by atoms with Crippen LogP contribution in [0.3, 0.4) is 0 Å². The van der Waals surface area contributed by atoms with E-state index in [-0.39, 0.29) is 0 Å². The van der Waals surface area contributed by atoms with Crippen LogP contribution in [0.2, 0.25) is 0 Å². The van der Waals surface area contributed by atoms with Crippen LogP contribution in [0, 0.1) is 0 Å². The molecule has 0 aliphatic heterocycles. The van der Waals surface area contributed by atoms with Crippen molar-refractivity contribution in [2.75, 3.05) is 0 Å². The number of hydrogen-bond donors (Lipinski definition) is 0. The lowest BCUT2D eigenvalue weighted by Gasteiger charge is -2.20. The monoisotopic (exact) mass is 204 g/mol. The number of esters is 1. The van der Waals surface area contributed by atoms with Crippen LogP contribution in [0.15, 0.2) is 24.3 Å². The van der Waals surface area contributed by atoms with Crippen molar-refractivity contribution < 1.29 is 14.2 Å². The Morgan fingerprint density at radius 3 is 2.40 bits per heavy atom. The molecule has 0 saturated carbocycles. The Bertz CT molecular complexity index is 355. The largest absolute Gasteiger partial charge is 0.567 e. The summed E-state index contributed by atoms with van der Waals surface area (Å²) in [7, 11) is 5.04. The van der Waals surface area contributed by atoms with E-state index in [1.165, 1.54) is 0 Å². The van der Waals surface area contributed by atoms with Gasteiger partial charge in [-0.15, -0.1) is 0 Å². The molecule has 4 heteroatoms. The van der Waals surface area contributed by atoms with E-state index in [0.717, 1.165) is 0 Å². The van der Waals surface area contributed by atoms with Crippen molar-refractivity contribution in [3.05, 3.63) is 29.8 Å². The van der Waals surface area contributed by atoms with E-state index in [4.69, 9.17) is 12.8 Å². The second kappa shape index (κ2) is 4.38. The zero-order chi connectivity index (χ0) is 11.5. The fraction of sp³-hybridized carbons (Fsp3) is 0.364. The molecule has 0 aromatic heterocycles. The number of para-hydroxylation sites is 1. The summed E-state index contributed by atoms with van der Waals surface area (Å²) in [5.74, 6) is -0.129. The summed E-state index contributed by atoms with van der Waals surface area (Å²) in [6.45, 7) is 5.41. The second-order valence-corrected chi connectivity index (χ2v) is 4.12. The summed E-state index contributed by atoms with van der Waals surface area (Å²) >= 11 is 0. The van der Waals surface area contributed by atoms with E-state index < -0.39 is 11.6 Å². The van der Waals surface area contributed by atoms with Crippen LogP contribution in [0.25, 0.3) is 0 Å². The molecule has 0 bridgehead atoms. The van der Waals surface area contributed by atoms with Gasteiger partial charge >= 0.3 is 14.0 Å². The minimum Gasteiger partial charge on any atom is -0.567 e. The molecule has 78 valence electrons. The minimum atomic E-state index is -0.529. The van der Waals surface area contributed by atoms with Gasteiger partial charge in [0.15, 0.2) is 0 Å². The highest BCUT2D eigenvalue weighted by molar-refractivity contribution is 6.02. The van der Waals surface area contributed by atoms with Crippen molar-refractivity contribution in [2.24, 2.45) is 0 Å². The molecule has 0 unspecified atom stereocenters. The Morgan fingerprint density at radius 1 is 1.27 bits per heavy atom. The standard InChI is InChI=1S/C11H13BO3/c1-11(2,3)14-10(13)8-6-4-5-7-9(8)15-12/h4-7H,1-3H3. The summed E-state index contributed by atoms with van der Waals surface area (Å²) in [5, 5.41) is 0. The van der Waals surface area contributed by atoms with Gasteiger partial charge in [0.05, 0.1) is 5.56 Å². The molecule has 0 spiro atoms. The molecule has 0 aliphatic rings. The Labute approximate surface area is 90.8 Å². The van der Waals surface area contributed by atoms with E-state index in [1.807, 2.05) is 0 Å². The van der Waals surface area contributed by atoms with Gasteiger partial charge in [0.1, 0.15) is 11.4 Å². The van der Waals surface area contributed by atoms with E-state index >= 15 is 0 Å². The SMILES string of the molecule is [B]Oc1ccccc1C(=O)OC(C)(C)C. The summed E-state index contributed by atoms with van der Waals surface area (Å²) in [5.41, 5.74) is -0.200. The van der Waals surface area contributed by atoms with Crippen molar-refractivity contribution in [3.8, 4) is 5.75 Å². The number of carbonyl (C=O) groups is 1. The molecular formula is C11H13BO3. The van der Waals surface area contributed by atoms with Gasteiger partial charge in [-0.3, -0.25) is 0 Å². The van der Waals surface area contributed by atoms with Gasteiger partial charge < -0.3 is 9.39 Å². The average molecular weight is 204 g/mol. The Morgan fingerprint density at radius 2 is 1.87 bits per heavy atom. The first-order chi connectivity index (χ1) is 6.94. The van der Waals surface area contributed by atoms with Gasteiger partial charge in [-0.1, -0.05) is 12.1 Å². The Kier molecular flexibility index (Phi) is 3.40. The number of carbonyl (C=O) groups excluding carboxylic acids is 1.